The number of aromatic nitrogens is 1. The first kappa shape index (κ1) is 11.3. The van der Waals surface area contributed by atoms with Crippen molar-refractivity contribution in [3.05, 3.63) is 10.5 Å². The van der Waals surface area contributed by atoms with Gasteiger partial charge in [-0.25, -0.2) is 4.98 Å². The molecule has 1 aromatic rings. The molecule has 0 fully saturated rings. The van der Waals surface area contributed by atoms with Crippen LogP contribution in [0.25, 0.3) is 0 Å². The van der Waals surface area contributed by atoms with Gasteiger partial charge < -0.3 is 11.1 Å². The maximum Gasteiger partial charge on any atom is 0.240 e. The molecule has 0 radical (unpaired) electrons. The molecular formula is C8H12ClN3OS. The molecule has 78 valence electrons. The van der Waals surface area contributed by atoms with Crippen molar-refractivity contribution in [3.8, 4) is 0 Å². The quantitative estimate of drug-likeness (QED) is 0.832. The van der Waals surface area contributed by atoms with Crippen molar-refractivity contribution in [2.45, 2.75) is 19.9 Å². The van der Waals surface area contributed by atoms with Gasteiger partial charge in [-0.15, -0.1) is 0 Å². The van der Waals surface area contributed by atoms with E-state index in [-0.39, 0.29) is 11.8 Å². The van der Waals surface area contributed by atoms with E-state index in [0.29, 0.717) is 9.47 Å². The average molecular weight is 234 g/mol. The number of rotatable bonds is 4. The van der Waals surface area contributed by atoms with Gasteiger partial charge in [0.05, 0.1) is 6.20 Å². The van der Waals surface area contributed by atoms with Crippen molar-refractivity contribution in [3.63, 3.8) is 0 Å². The third kappa shape index (κ3) is 2.85. The highest BCUT2D eigenvalue weighted by Crippen LogP contribution is 2.23. The Morgan fingerprint density at radius 3 is 2.71 bits per heavy atom. The van der Waals surface area contributed by atoms with Crippen LogP contribution in [-0.4, -0.2) is 16.9 Å². The highest BCUT2D eigenvalue weighted by molar-refractivity contribution is 7.19. The summed E-state index contributed by atoms with van der Waals surface area (Å²) in [7, 11) is 0. The fraction of sp³-hybridized carbons (Fsp3) is 0.500. The number of hydrogen-bond donors (Lipinski definition) is 2. The molecule has 0 aromatic carbocycles. The molecule has 0 saturated carbocycles. The lowest BCUT2D eigenvalue weighted by Crippen LogP contribution is -2.39. The second kappa shape index (κ2) is 4.61. The summed E-state index contributed by atoms with van der Waals surface area (Å²) in [6, 6.07) is -0.405. The molecule has 3 N–H and O–H groups in total. The molecule has 1 aromatic heterocycles. The number of nitrogens with two attached hydrogens (primary N) is 1. The molecule has 1 rings (SSSR count). The highest BCUT2D eigenvalue weighted by Gasteiger charge is 2.20. The first-order chi connectivity index (χ1) is 6.50. The monoisotopic (exact) mass is 233 g/mol. The summed E-state index contributed by atoms with van der Waals surface area (Å²) in [6.07, 6.45) is 1.53. The number of carbonyl (C=O) groups is 1. The maximum absolute atomic E-state index is 11.1. The van der Waals surface area contributed by atoms with Crippen LogP contribution in [0.2, 0.25) is 4.34 Å². The lowest BCUT2D eigenvalue weighted by Gasteiger charge is -2.17. The van der Waals surface area contributed by atoms with Gasteiger partial charge in [0, 0.05) is 0 Å². The summed E-state index contributed by atoms with van der Waals surface area (Å²) in [5, 5.41) is 3.57. The number of primary amides is 1. The number of anilines is 1. The number of thiazole rings is 1. The number of nitrogens with one attached hydrogen (secondary N) is 1. The maximum atomic E-state index is 11.1. The van der Waals surface area contributed by atoms with Crippen LogP contribution in [0, 0.1) is 5.92 Å². The third-order valence-corrected chi connectivity index (χ3v) is 2.78. The molecular weight excluding hydrogens is 222 g/mol. The summed E-state index contributed by atoms with van der Waals surface area (Å²) in [4.78, 5) is 15.0. The van der Waals surface area contributed by atoms with E-state index >= 15 is 0 Å². The Balaban J connectivity index is 2.69. The van der Waals surface area contributed by atoms with E-state index in [9.17, 15) is 4.79 Å². The highest BCUT2D eigenvalue weighted by atomic mass is 35.5. The van der Waals surface area contributed by atoms with Gasteiger partial charge in [-0.2, -0.15) is 0 Å². The van der Waals surface area contributed by atoms with Crippen LogP contribution >= 0.6 is 22.9 Å². The molecule has 0 bridgehead atoms. The zero-order chi connectivity index (χ0) is 10.7. The molecule has 1 amide bonds. The normalized spacial score (nSPS) is 12.9. The lowest BCUT2D eigenvalue weighted by molar-refractivity contribution is -0.119. The molecule has 4 nitrogen and oxygen atoms in total. The standard InChI is InChI=1S/C8H12ClN3OS/c1-4(2)6(7(10)13)12-8-11-3-5(9)14-8/h3-4,6H,1-2H3,(H2,10,13)(H,11,12)/t6-/m1/s1. The number of hydrogen-bond acceptors (Lipinski definition) is 4. The van der Waals surface area contributed by atoms with E-state index in [1.807, 2.05) is 13.8 Å². The van der Waals surface area contributed by atoms with E-state index in [4.69, 9.17) is 17.3 Å². The zero-order valence-electron chi connectivity index (χ0n) is 7.95. The van der Waals surface area contributed by atoms with Crippen molar-refractivity contribution >= 4 is 34.0 Å². The summed E-state index contributed by atoms with van der Waals surface area (Å²) >= 11 is 6.99. The van der Waals surface area contributed by atoms with Crippen LogP contribution in [-0.2, 0) is 4.79 Å². The van der Waals surface area contributed by atoms with Gasteiger partial charge in [-0.3, -0.25) is 4.79 Å². The topological polar surface area (TPSA) is 68.0 Å². The zero-order valence-corrected chi connectivity index (χ0v) is 9.52. The summed E-state index contributed by atoms with van der Waals surface area (Å²) in [5.74, 6) is -0.263. The molecule has 0 saturated heterocycles. The Hall–Kier alpha value is -0.810. The van der Waals surface area contributed by atoms with Crippen molar-refractivity contribution in [1.82, 2.24) is 4.98 Å². The Bertz CT molecular complexity index is 326. The van der Waals surface area contributed by atoms with Crippen molar-refractivity contribution in [2.24, 2.45) is 11.7 Å². The number of halogens is 1. The molecule has 0 aliphatic carbocycles. The number of carbonyl (C=O) groups excluding carboxylic acids is 1. The number of nitrogens with zero attached hydrogens (tertiary/aromatic N) is 1. The van der Waals surface area contributed by atoms with Crippen LogP contribution in [0.5, 0.6) is 0 Å². The van der Waals surface area contributed by atoms with Crippen LogP contribution < -0.4 is 11.1 Å². The van der Waals surface area contributed by atoms with Crippen molar-refractivity contribution in [2.75, 3.05) is 5.32 Å². The van der Waals surface area contributed by atoms with Gasteiger partial charge in [0.15, 0.2) is 5.13 Å². The molecule has 6 heteroatoms. The molecule has 14 heavy (non-hydrogen) atoms. The summed E-state index contributed by atoms with van der Waals surface area (Å²) in [6.45, 7) is 3.83. The fourth-order valence-corrected chi connectivity index (χ4v) is 1.87. The van der Waals surface area contributed by atoms with Crippen molar-refractivity contribution < 1.29 is 4.79 Å². The average Bonchev–Trinajstić information content (AvgIpc) is 2.46. The van der Waals surface area contributed by atoms with E-state index in [0.717, 1.165) is 0 Å². The molecule has 1 heterocycles. The van der Waals surface area contributed by atoms with E-state index < -0.39 is 6.04 Å². The van der Waals surface area contributed by atoms with Crippen LogP contribution in [0.4, 0.5) is 5.13 Å². The predicted octanol–water partition coefficient (Wildman–Crippen LogP) is 1.72. The van der Waals surface area contributed by atoms with Gasteiger partial charge >= 0.3 is 0 Å². The second-order valence-electron chi connectivity index (χ2n) is 3.24. The largest absolute Gasteiger partial charge is 0.368 e. The first-order valence-corrected chi connectivity index (χ1v) is 5.37. The van der Waals surface area contributed by atoms with Gasteiger partial charge in [-0.1, -0.05) is 36.8 Å². The molecule has 1 atom stereocenters. The van der Waals surface area contributed by atoms with Gasteiger partial charge in [0.25, 0.3) is 0 Å². The van der Waals surface area contributed by atoms with Crippen LogP contribution in [0.3, 0.4) is 0 Å². The summed E-state index contributed by atoms with van der Waals surface area (Å²) in [5.41, 5.74) is 5.23. The summed E-state index contributed by atoms with van der Waals surface area (Å²) < 4.78 is 0.583. The van der Waals surface area contributed by atoms with Gasteiger partial charge in [0.1, 0.15) is 10.4 Å². The first-order valence-electron chi connectivity index (χ1n) is 4.18. The van der Waals surface area contributed by atoms with Gasteiger partial charge in [-0.05, 0) is 5.92 Å². The smallest absolute Gasteiger partial charge is 0.240 e. The molecule has 0 aliphatic rings. The van der Waals surface area contributed by atoms with Gasteiger partial charge in [0.2, 0.25) is 5.91 Å². The molecule has 0 aliphatic heterocycles. The minimum Gasteiger partial charge on any atom is -0.368 e. The lowest BCUT2D eigenvalue weighted by atomic mass is 10.0. The Kier molecular flexibility index (Phi) is 3.71. The van der Waals surface area contributed by atoms with Crippen molar-refractivity contribution in [1.29, 1.82) is 0 Å². The second-order valence-corrected chi connectivity index (χ2v) is 4.90. The Morgan fingerprint density at radius 1 is 1.71 bits per heavy atom. The number of amides is 1. The minimum absolute atomic E-state index is 0.121. The predicted molar refractivity (Wildman–Crippen MR) is 58.6 cm³/mol. The van der Waals surface area contributed by atoms with E-state index in [1.54, 1.807) is 0 Å². The molecule has 0 spiro atoms. The van der Waals surface area contributed by atoms with E-state index in [1.165, 1.54) is 17.5 Å². The fourth-order valence-electron chi connectivity index (χ4n) is 1.02. The Labute approximate surface area is 91.5 Å². The van der Waals surface area contributed by atoms with Crippen LogP contribution in [0.1, 0.15) is 13.8 Å². The Morgan fingerprint density at radius 2 is 2.36 bits per heavy atom. The minimum atomic E-state index is -0.405. The molecule has 0 unspecified atom stereocenters. The third-order valence-electron chi connectivity index (χ3n) is 1.73. The van der Waals surface area contributed by atoms with Crippen LogP contribution in [0.15, 0.2) is 6.20 Å². The SMILES string of the molecule is CC(C)[C@@H](Nc1ncc(Cl)s1)C(N)=O. The van der Waals surface area contributed by atoms with E-state index in [2.05, 4.69) is 10.3 Å².